The van der Waals surface area contributed by atoms with Gasteiger partial charge in [-0.15, -0.1) is 10.2 Å². The molecule has 6 heteroatoms. The molecule has 5 rings (SSSR count). The van der Waals surface area contributed by atoms with Gasteiger partial charge in [0.2, 0.25) is 5.88 Å². The maximum atomic E-state index is 10.4. The Morgan fingerprint density at radius 1 is 1.00 bits per heavy atom. The van der Waals surface area contributed by atoms with Gasteiger partial charge < -0.3 is 15.2 Å². The van der Waals surface area contributed by atoms with Crippen molar-refractivity contribution < 1.29 is 9.84 Å². The van der Waals surface area contributed by atoms with Crippen LogP contribution in [-0.2, 0) is 0 Å². The summed E-state index contributed by atoms with van der Waals surface area (Å²) in [6, 6.07) is 10.4. The van der Waals surface area contributed by atoms with Gasteiger partial charge in [0.25, 0.3) is 0 Å². The number of nitrogens with zero attached hydrogens (tertiary/aromatic N) is 3. The minimum absolute atomic E-state index is 0.171. The van der Waals surface area contributed by atoms with E-state index in [0.29, 0.717) is 29.2 Å². The fraction of sp³-hybridized carbons (Fsp3) is 0.381. The van der Waals surface area contributed by atoms with Crippen LogP contribution in [0, 0.1) is 0 Å². The quantitative estimate of drug-likeness (QED) is 0.743. The lowest BCUT2D eigenvalue weighted by Crippen LogP contribution is -2.51. The van der Waals surface area contributed by atoms with Crippen LogP contribution >= 0.6 is 0 Å². The van der Waals surface area contributed by atoms with Crippen molar-refractivity contribution in [1.29, 1.82) is 0 Å². The lowest BCUT2D eigenvalue weighted by molar-refractivity contribution is 0.0881. The molecule has 2 aliphatic heterocycles. The number of phenols is 1. The second-order valence-electron chi connectivity index (χ2n) is 7.55. The van der Waals surface area contributed by atoms with Crippen LogP contribution in [0.25, 0.3) is 22.0 Å². The predicted octanol–water partition coefficient (Wildman–Crippen LogP) is 3.45. The van der Waals surface area contributed by atoms with E-state index in [0.717, 1.165) is 23.6 Å². The standard InChI is InChI=1S/C21H22N4O2/c26-20-9-14-12-22-7-6-13(14)8-18(20)19-4-5-21(25-24-19)27-17-10-15-2-1-3-16(11-17)23-15/h4-9,12,15-17,23,26H,1-3,10-11H2/t15-,16+,17?. The molecule has 2 fully saturated rings. The summed E-state index contributed by atoms with van der Waals surface area (Å²) in [6.07, 6.45) is 9.50. The number of hydrogen-bond acceptors (Lipinski definition) is 6. The molecule has 2 aromatic heterocycles. The Balaban J connectivity index is 1.35. The molecule has 138 valence electrons. The number of piperidine rings is 2. The lowest BCUT2D eigenvalue weighted by atomic mass is 9.85. The minimum atomic E-state index is 0.171. The Bertz CT molecular complexity index is 948. The van der Waals surface area contributed by atoms with E-state index in [9.17, 15) is 5.11 Å². The van der Waals surface area contributed by atoms with Crippen molar-refractivity contribution in [3.8, 4) is 22.9 Å². The van der Waals surface area contributed by atoms with Crippen molar-refractivity contribution in [3.05, 3.63) is 42.7 Å². The highest BCUT2D eigenvalue weighted by Gasteiger charge is 2.32. The summed E-state index contributed by atoms with van der Waals surface area (Å²) in [5, 5.41) is 24.5. The minimum Gasteiger partial charge on any atom is -0.507 e. The van der Waals surface area contributed by atoms with Crippen LogP contribution in [0.15, 0.2) is 42.7 Å². The molecule has 0 amide bonds. The summed E-state index contributed by atoms with van der Waals surface area (Å²) in [4.78, 5) is 4.08. The Morgan fingerprint density at radius 2 is 1.85 bits per heavy atom. The van der Waals surface area contributed by atoms with Gasteiger partial charge >= 0.3 is 0 Å². The number of pyridine rings is 1. The molecular weight excluding hydrogens is 340 g/mol. The lowest BCUT2D eigenvalue weighted by Gasteiger charge is -2.39. The fourth-order valence-corrected chi connectivity index (χ4v) is 4.34. The van der Waals surface area contributed by atoms with E-state index in [4.69, 9.17) is 4.74 Å². The first-order valence-corrected chi connectivity index (χ1v) is 9.58. The molecule has 0 radical (unpaired) electrons. The van der Waals surface area contributed by atoms with E-state index in [-0.39, 0.29) is 11.9 Å². The van der Waals surface area contributed by atoms with Gasteiger partial charge in [-0.25, -0.2) is 0 Å². The van der Waals surface area contributed by atoms with E-state index < -0.39 is 0 Å². The van der Waals surface area contributed by atoms with Crippen LogP contribution in [0.2, 0.25) is 0 Å². The van der Waals surface area contributed by atoms with Crippen LogP contribution < -0.4 is 10.1 Å². The average Bonchev–Trinajstić information content (AvgIpc) is 2.68. The second-order valence-corrected chi connectivity index (χ2v) is 7.55. The van der Waals surface area contributed by atoms with Gasteiger partial charge in [0.1, 0.15) is 11.9 Å². The molecule has 4 heterocycles. The molecule has 0 saturated carbocycles. The topological polar surface area (TPSA) is 80.2 Å². The molecule has 0 spiro atoms. The number of aromatic nitrogens is 3. The van der Waals surface area contributed by atoms with Crippen molar-refractivity contribution in [1.82, 2.24) is 20.5 Å². The monoisotopic (exact) mass is 362 g/mol. The fourth-order valence-electron chi connectivity index (χ4n) is 4.34. The molecule has 2 saturated heterocycles. The normalized spacial score (nSPS) is 24.7. The van der Waals surface area contributed by atoms with Crippen molar-refractivity contribution in [2.45, 2.75) is 50.3 Å². The van der Waals surface area contributed by atoms with Gasteiger partial charge in [0.05, 0.1) is 5.69 Å². The third-order valence-corrected chi connectivity index (χ3v) is 5.63. The zero-order chi connectivity index (χ0) is 18.2. The first-order chi connectivity index (χ1) is 13.2. The summed E-state index contributed by atoms with van der Waals surface area (Å²) in [5.41, 5.74) is 1.28. The summed E-state index contributed by atoms with van der Waals surface area (Å²) >= 11 is 0. The zero-order valence-corrected chi connectivity index (χ0v) is 15.0. The van der Waals surface area contributed by atoms with E-state index in [1.807, 2.05) is 24.3 Å². The Morgan fingerprint density at radius 3 is 2.63 bits per heavy atom. The van der Waals surface area contributed by atoms with Crippen LogP contribution in [0.1, 0.15) is 32.1 Å². The van der Waals surface area contributed by atoms with Crippen molar-refractivity contribution in [2.24, 2.45) is 0 Å². The molecule has 0 aliphatic carbocycles. The van der Waals surface area contributed by atoms with Crippen LogP contribution in [0.5, 0.6) is 11.6 Å². The molecule has 6 nitrogen and oxygen atoms in total. The molecule has 1 aromatic carbocycles. The van der Waals surface area contributed by atoms with E-state index in [1.54, 1.807) is 18.5 Å². The van der Waals surface area contributed by atoms with Gasteiger partial charge in [-0.05, 0) is 55.3 Å². The number of ether oxygens (including phenoxy) is 1. The average molecular weight is 362 g/mol. The van der Waals surface area contributed by atoms with E-state index >= 15 is 0 Å². The van der Waals surface area contributed by atoms with Crippen molar-refractivity contribution in [3.63, 3.8) is 0 Å². The maximum Gasteiger partial charge on any atom is 0.233 e. The van der Waals surface area contributed by atoms with E-state index in [2.05, 4.69) is 20.5 Å². The summed E-state index contributed by atoms with van der Waals surface area (Å²) < 4.78 is 6.10. The molecular formula is C21H22N4O2. The first kappa shape index (κ1) is 16.4. The van der Waals surface area contributed by atoms with Gasteiger partial charge in [-0.3, -0.25) is 4.98 Å². The SMILES string of the molecule is Oc1cc2cnccc2cc1-c1ccc(OC2C[C@H]3CCC[C@@H](C2)N3)nn1. The molecule has 3 aromatic rings. The van der Waals surface area contributed by atoms with Crippen LogP contribution in [0.3, 0.4) is 0 Å². The van der Waals surface area contributed by atoms with Gasteiger partial charge in [0.15, 0.2) is 0 Å². The summed E-state index contributed by atoms with van der Waals surface area (Å²) in [6.45, 7) is 0. The van der Waals surface area contributed by atoms with Crippen LogP contribution in [0.4, 0.5) is 0 Å². The van der Waals surface area contributed by atoms with Crippen molar-refractivity contribution in [2.75, 3.05) is 0 Å². The Kier molecular flexibility index (Phi) is 4.13. The highest BCUT2D eigenvalue weighted by Crippen LogP contribution is 2.33. The molecule has 27 heavy (non-hydrogen) atoms. The highest BCUT2D eigenvalue weighted by molar-refractivity contribution is 5.89. The van der Waals surface area contributed by atoms with Crippen LogP contribution in [-0.4, -0.2) is 38.5 Å². The Hall–Kier alpha value is -2.73. The van der Waals surface area contributed by atoms with E-state index in [1.165, 1.54) is 19.3 Å². The smallest absolute Gasteiger partial charge is 0.233 e. The highest BCUT2D eigenvalue weighted by atomic mass is 16.5. The first-order valence-electron chi connectivity index (χ1n) is 9.58. The van der Waals surface area contributed by atoms with Gasteiger partial charge in [-0.1, -0.05) is 6.42 Å². The maximum absolute atomic E-state index is 10.4. The van der Waals surface area contributed by atoms with Gasteiger partial charge in [-0.2, -0.15) is 0 Å². The number of fused-ring (bicyclic) bond motifs is 3. The number of phenolic OH excluding ortho intramolecular Hbond substituents is 1. The predicted molar refractivity (Wildman–Crippen MR) is 103 cm³/mol. The largest absolute Gasteiger partial charge is 0.507 e. The number of hydrogen-bond donors (Lipinski definition) is 2. The molecule has 1 unspecified atom stereocenters. The zero-order valence-electron chi connectivity index (χ0n) is 15.0. The summed E-state index contributed by atoms with van der Waals surface area (Å²) in [7, 11) is 0. The van der Waals surface area contributed by atoms with Gasteiger partial charge in [0, 0.05) is 41.5 Å². The number of nitrogens with one attached hydrogen (secondary N) is 1. The molecule has 3 atom stereocenters. The molecule has 2 bridgehead atoms. The molecule has 2 N–H and O–H groups in total. The Labute approximate surface area is 157 Å². The summed E-state index contributed by atoms with van der Waals surface area (Å²) in [5.74, 6) is 0.720. The number of aromatic hydroxyl groups is 1. The molecule has 2 aliphatic rings. The second kappa shape index (κ2) is 6.78. The number of benzene rings is 1. The third kappa shape index (κ3) is 3.32. The van der Waals surface area contributed by atoms with Crippen molar-refractivity contribution >= 4 is 10.8 Å². The number of rotatable bonds is 3. The third-order valence-electron chi connectivity index (χ3n) is 5.63.